The van der Waals surface area contributed by atoms with Gasteiger partial charge in [0.05, 0.1) is 28.2 Å². The molecule has 8 nitrogen and oxygen atoms in total. The lowest BCUT2D eigenvalue weighted by molar-refractivity contribution is 0.0690. The van der Waals surface area contributed by atoms with Gasteiger partial charge in [-0.05, 0) is 48.2 Å². The summed E-state index contributed by atoms with van der Waals surface area (Å²) >= 11 is 0. The Morgan fingerprint density at radius 2 is 1.75 bits per heavy atom. The molecule has 1 heterocycles. The van der Waals surface area contributed by atoms with Crippen LogP contribution in [0.1, 0.15) is 45.4 Å². The quantitative estimate of drug-likeness (QED) is 0.126. The maximum absolute atomic E-state index is 13.3. The zero-order valence-corrected chi connectivity index (χ0v) is 19.4. The van der Waals surface area contributed by atoms with Crippen molar-refractivity contribution in [1.82, 2.24) is 20.6 Å². The lowest BCUT2D eigenvalue weighted by atomic mass is 9.98. The molecule has 1 amide bonds. The molecule has 0 aliphatic carbocycles. The molecule has 1 atom stereocenters. The molecule has 0 spiro atoms. The highest BCUT2D eigenvalue weighted by molar-refractivity contribution is 6.05. The predicted molar refractivity (Wildman–Crippen MR) is 136 cm³/mol. The highest BCUT2D eigenvalue weighted by Crippen LogP contribution is 2.25. The van der Waals surface area contributed by atoms with Crippen molar-refractivity contribution in [1.29, 1.82) is 5.41 Å². The number of nitrogens with zero attached hydrogens (tertiary/aromatic N) is 1. The molecule has 0 fully saturated rings. The van der Waals surface area contributed by atoms with Gasteiger partial charge in [0.1, 0.15) is 18.3 Å². The number of carboxylic acids is 1. The van der Waals surface area contributed by atoms with Gasteiger partial charge in [-0.3, -0.25) is 10.2 Å². The number of rotatable bonds is 10. The lowest BCUT2D eigenvalue weighted by Gasteiger charge is -2.18. The van der Waals surface area contributed by atoms with E-state index in [0.29, 0.717) is 30.8 Å². The van der Waals surface area contributed by atoms with Crippen LogP contribution in [0.3, 0.4) is 0 Å². The zero-order valence-electron chi connectivity index (χ0n) is 19.4. The summed E-state index contributed by atoms with van der Waals surface area (Å²) in [7, 11) is 0. The highest BCUT2D eigenvalue weighted by Gasteiger charge is 2.23. The third kappa shape index (κ3) is 5.75. The summed E-state index contributed by atoms with van der Waals surface area (Å²) in [6.07, 6.45) is 0.950. The number of amidine groups is 1. The van der Waals surface area contributed by atoms with Crippen LogP contribution >= 0.6 is 0 Å². The number of carbonyl (C=O) groups is 2. The molecule has 36 heavy (non-hydrogen) atoms. The molecule has 0 aliphatic rings. The molecule has 1 aromatic heterocycles. The van der Waals surface area contributed by atoms with Gasteiger partial charge < -0.3 is 20.7 Å². The fourth-order valence-electron chi connectivity index (χ4n) is 3.97. The number of hydrogen-bond acceptors (Lipinski definition) is 4. The number of hydrogen-bond donors (Lipinski definition) is 5. The summed E-state index contributed by atoms with van der Waals surface area (Å²) in [6.45, 7) is -0.526. The first-order valence-corrected chi connectivity index (χ1v) is 11.5. The van der Waals surface area contributed by atoms with Crippen molar-refractivity contribution < 1.29 is 19.1 Å². The van der Waals surface area contributed by atoms with E-state index in [1.54, 1.807) is 6.07 Å². The van der Waals surface area contributed by atoms with Crippen LogP contribution in [0, 0.1) is 5.41 Å². The number of aromatic nitrogens is 2. The molecule has 4 aromatic rings. The molecule has 0 saturated heterocycles. The normalized spacial score (nSPS) is 11.7. The molecule has 1 unspecified atom stereocenters. The van der Waals surface area contributed by atoms with E-state index in [2.05, 4.69) is 20.6 Å². The lowest BCUT2D eigenvalue weighted by Crippen LogP contribution is -2.32. The van der Waals surface area contributed by atoms with E-state index in [1.807, 2.05) is 54.6 Å². The number of fused-ring (bicyclic) bond motifs is 1. The first-order valence-electron chi connectivity index (χ1n) is 11.5. The standard InChI is InChI=1S/C27H26FN5O3/c28-16-24(29)30-14-6-11-23(25-31-21-9-4-5-10-22(21)32-25)33-26(34)19-13-12-18(15-20(19)27(35)36)17-7-2-1-3-8-17/h1-5,7-10,12-13,15,23H,6,11,14,16H2,(H2,29,30)(H,31,32)(H,33,34)(H,35,36). The van der Waals surface area contributed by atoms with E-state index >= 15 is 0 Å². The van der Waals surface area contributed by atoms with Crippen LogP contribution in [-0.2, 0) is 0 Å². The number of aromatic amines is 1. The Morgan fingerprint density at radius 1 is 1.00 bits per heavy atom. The number of H-pyrrole nitrogens is 1. The molecule has 9 heteroatoms. The number of halogens is 1. The van der Waals surface area contributed by atoms with Crippen molar-refractivity contribution in [2.24, 2.45) is 0 Å². The second kappa shape index (κ2) is 11.3. The Hall–Kier alpha value is -4.53. The molecule has 184 valence electrons. The minimum Gasteiger partial charge on any atom is -0.478 e. The number of carbonyl (C=O) groups excluding carboxylic acids is 1. The minimum absolute atomic E-state index is 0.0422. The second-order valence-electron chi connectivity index (χ2n) is 8.28. The van der Waals surface area contributed by atoms with Crippen LogP contribution in [0.15, 0.2) is 72.8 Å². The van der Waals surface area contributed by atoms with Crippen LogP contribution < -0.4 is 10.6 Å². The average molecular weight is 488 g/mol. The third-order valence-electron chi connectivity index (χ3n) is 5.79. The average Bonchev–Trinajstić information content (AvgIpc) is 3.34. The summed E-state index contributed by atoms with van der Waals surface area (Å²) in [4.78, 5) is 33.1. The zero-order chi connectivity index (χ0) is 25.5. The third-order valence-corrected chi connectivity index (χ3v) is 5.79. The predicted octanol–water partition coefficient (Wildman–Crippen LogP) is 4.72. The molecule has 4 rings (SSSR count). The van der Waals surface area contributed by atoms with E-state index in [1.165, 1.54) is 12.1 Å². The topological polar surface area (TPSA) is 131 Å². The number of benzene rings is 3. The van der Waals surface area contributed by atoms with Crippen molar-refractivity contribution in [3.63, 3.8) is 0 Å². The monoisotopic (exact) mass is 487 g/mol. The van der Waals surface area contributed by atoms with Gasteiger partial charge in [0.25, 0.3) is 5.91 Å². The van der Waals surface area contributed by atoms with E-state index in [-0.39, 0.29) is 17.0 Å². The number of carboxylic acid groups (broad SMARTS) is 1. The van der Waals surface area contributed by atoms with Crippen LogP contribution in [0.5, 0.6) is 0 Å². The number of aromatic carboxylic acids is 1. The molecule has 0 radical (unpaired) electrons. The summed E-state index contributed by atoms with van der Waals surface area (Å²) in [5, 5.41) is 22.8. The van der Waals surface area contributed by atoms with Gasteiger partial charge in [0, 0.05) is 6.54 Å². The van der Waals surface area contributed by atoms with Gasteiger partial charge in [-0.25, -0.2) is 14.2 Å². The first kappa shape index (κ1) is 24.6. The van der Waals surface area contributed by atoms with E-state index < -0.39 is 24.6 Å². The van der Waals surface area contributed by atoms with Gasteiger partial charge in [-0.1, -0.05) is 48.5 Å². The Bertz CT molecular complexity index is 1350. The minimum atomic E-state index is -1.20. The fourth-order valence-corrected chi connectivity index (χ4v) is 3.97. The summed E-state index contributed by atoms with van der Waals surface area (Å²) in [5.41, 5.74) is 3.03. The molecular weight excluding hydrogens is 461 g/mol. The van der Waals surface area contributed by atoms with E-state index in [4.69, 9.17) is 5.41 Å². The largest absolute Gasteiger partial charge is 0.478 e. The van der Waals surface area contributed by atoms with Gasteiger partial charge in [0.2, 0.25) is 0 Å². The number of para-hydroxylation sites is 2. The SMILES string of the molecule is N=C(CF)NCCCC(NC(=O)c1ccc(-c2ccccc2)cc1C(=O)O)c1nc2ccccc2[nH]1. The van der Waals surface area contributed by atoms with Crippen LogP contribution in [0.25, 0.3) is 22.2 Å². The van der Waals surface area contributed by atoms with Crippen LogP contribution in [0.4, 0.5) is 4.39 Å². The number of nitrogens with one attached hydrogen (secondary N) is 4. The number of imidazole rings is 1. The number of amides is 1. The summed E-state index contributed by atoms with van der Waals surface area (Å²) in [5.74, 6) is -1.42. The molecule has 3 aromatic carbocycles. The van der Waals surface area contributed by atoms with Gasteiger partial charge in [-0.15, -0.1) is 0 Å². The molecule has 0 bridgehead atoms. The smallest absolute Gasteiger partial charge is 0.336 e. The number of alkyl halides is 1. The Kier molecular flexibility index (Phi) is 7.69. The van der Waals surface area contributed by atoms with E-state index in [0.717, 1.165) is 16.6 Å². The van der Waals surface area contributed by atoms with Crippen molar-refractivity contribution in [2.75, 3.05) is 13.2 Å². The van der Waals surface area contributed by atoms with Crippen molar-refractivity contribution >= 4 is 28.7 Å². The van der Waals surface area contributed by atoms with Crippen molar-refractivity contribution in [2.45, 2.75) is 18.9 Å². The summed E-state index contributed by atoms with van der Waals surface area (Å²) < 4.78 is 12.5. The van der Waals surface area contributed by atoms with Gasteiger partial charge in [0.15, 0.2) is 0 Å². The maximum atomic E-state index is 13.3. The Balaban J connectivity index is 1.59. The van der Waals surface area contributed by atoms with Crippen molar-refractivity contribution in [3.05, 3.63) is 89.7 Å². The molecular formula is C27H26FN5O3. The van der Waals surface area contributed by atoms with Gasteiger partial charge in [-0.2, -0.15) is 0 Å². The van der Waals surface area contributed by atoms with Crippen LogP contribution in [-0.4, -0.2) is 46.0 Å². The molecule has 0 saturated carbocycles. The second-order valence-corrected chi connectivity index (χ2v) is 8.28. The maximum Gasteiger partial charge on any atom is 0.336 e. The Labute approximate surface area is 207 Å². The Morgan fingerprint density at radius 3 is 2.47 bits per heavy atom. The molecule has 0 aliphatic heterocycles. The molecule has 5 N–H and O–H groups in total. The van der Waals surface area contributed by atoms with Crippen molar-refractivity contribution in [3.8, 4) is 11.1 Å². The van der Waals surface area contributed by atoms with E-state index in [9.17, 15) is 19.1 Å². The fraction of sp³-hybridized carbons (Fsp3) is 0.185. The first-order chi connectivity index (χ1) is 17.5. The van der Waals surface area contributed by atoms with Crippen LogP contribution in [0.2, 0.25) is 0 Å². The van der Waals surface area contributed by atoms with Gasteiger partial charge >= 0.3 is 5.97 Å². The highest BCUT2D eigenvalue weighted by atomic mass is 19.1. The summed E-state index contributed by atoms with van der Waals surface area (Å²) in [6, 6.07) is 21.0.